The third-order valence-corrected chi connectivity index (χ3v) is 4.56. The molecule has 1 N–H and O–H groups in total. The molecule has 152 valence electrons. The minimum absolute atomic E-state index is 0.0556. The number of non-ortho nitro benzene ring substituents is 1. The van der Waals surface area contributed by atoms with Crippen molar-refractivity contribution >= 4 is 17.6 Å². The Labute approximate surface area is 168 Å². The lowest BCUT2D eigenvalue weighted by molar-refractivity contribution is -0.384. The molecule has 0 atom stereocenters. The van der Waals surface area contributed by atoms with E-state index in [1.54, 1.807) is 35.2 Å². The van der Waals surface area contributed by atoms with Crippen LogP contribution in [-0.4, -0.2) is 59.3 Å². The maximum atomic E-state index is 12.4. The van der Waals surface area contributed by atoms with Crippen LogP contribution in [0.4, 0.5) is 5.69 Å². The van der Waals surface area contributed by atoms with Crippen molar-refractivity contribution in [1.82, 2.24) is 15.1 Å². The van der Waals surface area contributed by atoms with Crippen LogP contribution >= 0.6 is 0 Å². The van der Waals surface area contributed by atoms with E-state index in [-0.39, 0.29) is 11.6 Å². The van der Waals surface area contributed by atoms with Gasteiger partial charge in [0.15, 0.2) is 11.7 Å². The summed E-state index contributed by atoms with van der Waals surface area (Å²) in [5.41, 5.74) is 0.931. The lowest BCUT2D eigenvalue weighted by Gasteiger charge is -2.36. The zero-order valence-corrected chi connectivity index (χ0v) is 16.0. The van der Waals surface area contributed by atoms with Gasteiger partial charge >= 0.3 is 0 Å². The first-order valence-corrected chi connectivity index (χ1v) is 9.28. The van der Waals surface area contributed by atoms with Crippen LogP contribution < -0.4 is 5.32 Å². The molecule has 0 unspecified atom stereocenters. The molecular formula is C20H23N5O4. The van der Waals surface area contributed by atoms with E-state index in [9.17, 15) is 14.9 Å². The van der Waals surface area contributed by atoms with E-state index in [0.717, 1.165) is 5.56 Å². The van der Waals surface area contributed by atoms with Gasteiger partial charge in [0.2, 0.25) is 0 Å². The monoisotopic (exact) mass is 397 g/mol. The van der Waals surface area contributed by atoms with Gasteiger partial charge in [-0.05, 0) is 17.7 Å². The normalized spacial score (nSPS) is 14.6. The van der Waals surface area contributed by atoms with Gasteiger partial charge in [-0.2, -0.15) is 0 Å². The Morgan fingerprint density at radius 2 is 1.90 bits per heavy atom. The first kappa shape index (κ1) is 20.1. The SMILES string of the molecule is C=CCNC(=NCc1ccc([N+](=O)[O-])cc1)N1CCN(C(=O)c2ccco2)CC1. The average molecular weight is 397 g/mol. The molecule has 1 amide bonds. The van der Waals surface area contributed by atoms with Gasteiger partial charge in [-0.25, -0.2) is 4.99 Å². The van der Waals surface area contributed by atoms with Gasteiger partial charge in [0.05, 0.1) is 17.7 Å². The Balaban J connectivity index is 1.62. The number of benzene rings is 1. The Hall–Kier alpha value is -3.62. The highest BCUT2D eigenvalue weighted by atomic mass is 16.6. The first-order chi connectivity index (χ1) is 14.1. The number of rotatable bonds is 6. The van der Waals surface area contributed by atoms with E-state index in [2.05, 4.69) is 21.8 Å². The summed E-state index contributed by atoms with van der Waals surface area (Å²) in [6.07, 6.45) is 3.24. The van der Waals surface area contributed by atoms with Crippen LogP contribution in [0.15, 0.2) is 64.7 Å². The van der Waals surface area contributed by atoms with E-state index in [0.29, 0.717) is 51.0 Å². The highest BCUT2D eigenvalue weighted by molar-refractivity contribution is 5.91. The predicted molar refractivity (Wildman–Crippen MR) is 109 cm³/mol. The molecule has 9 nitrogen and oxygen atoms in total. The molecule has 0 bridgehead atoms. The number of nitro groups is 1. The maximum Gasteiger partial charge on any atom is 0.289 e. The third kappa shape index (κ3) is 5.22. The van der Waals surface area contributed by atoms with Crippen molar-refractivity contribution in [3.8, 4) is 0 Å². The number of hydrogen-bond donors (Lipinski definition) is 1. The lowest BCUT2D eigenvalue weighted by Crippen LogP contribution is -2.53. The molecule has 1 fully saturated rings. The molecule has 0 radical (unpaired) electrons. The molecule has 1 aliphatic heterocycles. The summed E-state index contributed by atoms with van der Waals surface area (Å²) in [7, 11) is 0. The van der Waals surface area contributed by atoms with Crippen LogP contribution in [0.2, 0.25) is 0 Å². The number of nitrogens with one attached hydrogen (secondary N) is 1. The minimum atomic E-state index is -0.423. The molecule has 29 heavy (non-hydrogen) atoms. The summed E-state index contributed by atoms with van der Waals surface area (Å²) in [5.74, 6) is 0.946. The summed E-state index contributed by atoms with van der Waals surface area (Å²) in [4.78, 5) is 31.2. The van der Waals surface area contributed by atoms with Gasteiger partial charge in [-0.1, -0.05) is 18.2 Å². The zero-order chi connectivity index (χ0) is 20.6. The standard InChI is InChI=1S/C20H23N5O4/c1-2-9-21-20(22-15-16-5-7-17(8-6-16)25(27)28)24-12-10-23(11-13-24)19(26)18-4-3-14-29-18/h2-8,14H,1,9-13,15H2,(H,21,22). The highest BCUT2D eigenvalue weighted by Crippen LogP contribution is 2.13. The van der Waals surface area contributed by atoms with Gasteiger partial charge in [0, 0.05) is 44.9 Å². The van der Waals surface area contributed by atoms with Crippen LogP contribution in [0.1, 0.15) is 16.1 Å². The zero-order valence-electron chi connectivity index (χ0n) is 16.0. The molecule has 9 heteroatoms. The molecular weight excluding hydrogens is 374 g/mol. The third-order valence-electron chi connectivity index (χ3n) is 4.56. The Morgan fingerprint density at radius 1 is 1.21 bits per heavy atom. The van der Waals surface area contributed by atoms with Crippen LogP contribution in [0.5, 0.6) is 0 Å². The van der Waals surface area contributed by atoms with E-state index in [1.807, 2.05) is 0 Å². The minimum Gasteiger partial charge on any atom is -0.459 e. The number of aliphatic imine (C=N–C) groups is 1. The second-order valence-corrected chi connectivity index (χ2v) is 6.49. The number of hydrogen-bond acceptors (Lipinski definition) is 5. The Bertz CT molecular complexity index is 869. The smallest absolute Gasteiger partial charge is 0.289 e. The number of carbonyl (C=O) groups excluding carboxylic acids is 1. The maximum absolute atomic E-state index is 12.4. The van der Waals surface area contributed by atoms with Crippen molar-refractivity contribution in [1.29, 1.82) is 0 Å². The number of amides is 1. The lowest BCUT2D eigenvalue weighted by atomic mass is 10.2. The second-order valence-electron chi connectivity index (χ2n) is 6.49. The van der Waals surface area contributed by atoms with Gasteiger partial charge in [-0.3, -0.25) is 14.9 Å². The summed E-state index contributed by atoms with van der Waals surface area (Å²) in [5, 5.41) is 14.0. The van der Waals surface area contributed by atoms with Crippen LogP contribution in [0.3, 0.4) is 0 Å². The molecule has 1 aliphatic rings. The molecule has 2 heterocycles. The average Bonchev–Trinajstić information content (AvgIpc) is 3.29. The first-order valence-electron chi connectivity index (χ1n) is 9.28. The molecule has 0 aliphatic carbocycles. The molecule has 3 rings (SSSR count). The topological polar surface area (TPSA) is 104 Å². The Morgan fingerprint density at radius 3 is 2.48 bits per heavy atom. The number of nitro benzene ring substituents is 1. The Kier molecular flexibility index (Phi) is 6.62. The van der Waals surface area contributed by atoms with E-state index >= 15 is 0 Å². The molecule has 1 aromatic heterocycles. The fraction of sp³-hybridized carbons (Fsp3) is 0.300. The van der Waals surface area contributed by atoms with Crippen molar-refractivity contribution < 1.29 is 14.1 Å². The number of piperazine rings is 1. The largest absolute Gasteiger partial charge is 0.459 e. The van der Waals surface area contributed by atoms with Gasteiger partial charge in [0.25, 0.3) is 11.6 Å². The van der Waals surface area contributed by atoms with Crippen molar-refractivity contribution in [2.24, 2.45) is 4.99 Å². The second kappa shape index (κ2) is 9.54. The highest BCUT2D eigenvalue weighted by Gasteiger charge is 2.25. The van der Waals surface area contributed by atoms with Crippen molar-refractivity contribution in [2.75, 3.05) is 32.7 Å². The van der Waals surface area contributed by atoms with E-state index in [4.69, 9.17) is 4.42 Å². The summed E-state index contributed by atoms with van der Waals surface area (Å²) < 4.78 is 5.19. The van der Waals surface area contributed by atoms with Crippen molar-refractivity contribution in [3.05, 3.63) is 76.8 Å². The number of nitrogens with zero attached hydrogens (tertiary/aromatic N) is 4. The van der Waals surface area contributed by atoms with Crippen molar-refractivity contribution in [2.45, 2.75) is 6.54 Å². The number of carbonyl (C=O) groups is 1. The number of guanidine groups is 1. The summed E-state index contributed by atoms with van der Waals surface area (Å²) in [6.45, 7) is 7.07. The van der Waals surface area contributed by atoms with Crippen LogP contribution in [-0.2, 0) is 6.54 Å². The molecule has 0 saturated carbocycles. The van der Waals surface area contributed by atoms with Crippen LogP contribution in [0, 0.1) is 10.1 Å². The molecule has 0 spiro atoms. The van der Waals surface area contributed by atoms with Gasteiger partial charge in [0.1, 0.15) is 0 Å². The predicted octanol–water partition coefficient (Wildman–Crippen LogP) is 2.28. The summed E-state index contributed by atoms with van der Waals surface area (Å²) >= 11 is 0. The van der Waals surface area contributed by atoms with Crippen LogP contribution in [0.25, 0.3) is 0 Å². The van der Waals surface area contributed by atoms with E-state index < -0.39 is 4.92 Å². The fourth-order valence-corrected chi connectivity index (χ4v) is 3.00. The van der Waals surface area contributed by atoms with E-state index in [1.165, 1.54) is 18.4 Å². The molecule has 2 aromatic rings. The molecule has 1 saturated heterocycles. The van der Waals surface area contributed by atoms with Gasteiger partial charge in [-0.15, -0.1) is 6.58 Å². The quantitative estimate of drug-likeness (QED) is 0.264. The van der Waals surface area contributed by atoms with Gasteiger partial charge < -0.3 is 19.5 Å². The van der Waals surface area contributed by atoms with Crippen molar-refractivity contribution in [3.63, 3.8) is 0 Å². The number of furan rings is 1. The fourth-order valence-electron chi connectivity index (χ4n) is 3.00. The summed E-state index contributed by atoms with van der Waals surface area (Å²) in [6, 6.07) is 9.71. The molecule has 1 aromatic carbocycles.